The number of nitrogens with one attached hydrogen (secondary N) is 3. The Morgan fingerprint density at radius 1 is 0.927 bits per heavy atom. The second kappa shape index (κ2) is 11.4. The number of anilines is 1. The summed E-state index contributed by atoms with van der Waals surface area (Å²) < 4.78 is 1.27. The Bertz CT molecular complexity index is 1880. The summed E-state index contributed by atoms with van der Waals surface area (Å²) in [5, 5.41) is 9.10. The third-order valence-electron chi connectivity index (χ3n) is 6.39. The zero-order valence-corrected chi connectivity index (χ0v) is 22.4. The molecule has 3 N–H and O–H groups in total. The number of thiazole rings is 1. The summed E-state index contributed by atoms with van der Waals surface area (Å²) in [6.45, 7) is -0.0523. The number of nitrogens with zero attached hydrogens (tertiary/aromatic N) is 4. The summed E-state index contributed by atoms with van der Waals surface area (Å²) in [5.74, 6) is -0.548. The van der Waals surface area contributed by atoms with E-state index in [9.17, 15) is 14.4 Å². The molecular weight excluding hydrogens is 538 g/mol. The van der Waals surface area contributed by atoms with E-state index in [0.29, 0.717) is 17.0 Å². The highest BCUT2D eigenvalue weighted by atomic mass is 32.1. The molecule has 0 atom stereocenters. The maximum Gasteiger partial charge on any atom is 0.278 e. The number of aromatic amines is 1. The smallest absolute Gasteiger partial charge is 0.278 e. The standard InChI is InChI=1S/C30H23N7O3S/c38-26(33-16-23-14-22-15-31-10-9-24(22)35-23)18-37-27(19-5-2-1-3-6-19)34-17-25(30(37)40)36-28(39)20-7-4-8-21(13-20)29-32-11-12-41-29/h1-15,17,35H,16,18H2,(H,33,38)(H,36,39). The lowest BCUT2D eigenvalue weighted by atomic mass is 10.1. The van der Waals surface area contributed by atoms with Crippen LogP contribution in [0.4, 0.5) is 5.69 Å². The number of hydrogen-bond acceptors (Lipinski definition) is 7. The van der Waals surface area contributed by atoms with Gasteiger partial charge in [-0.2, -0.15) is 0 Å². The van der Waals surface area contributed by atoms with E-state index in [1.165, 1.54) is 22.1 Å². The number of benzene rings is 2. The van der Waals surface area contributed by atoms with Gasteiger partial charge < -0.3 is 15.6 Å². The minimum atomic E-state index is -0.546. The van der Waals surface area contributed by atoms with Gasteiger partial charge in [-0.05, 0) is 24.3 Å². The molecule has 0 aliphatic heterocycles. The highest BCUT2D eigenvalue weighted by molar-refractivity contribution is 7.13. The Morgan fingerprint density at radius 2 is 1.78 bits per heavy atom. The first-order valence-electron chi connectivity index (χ1n) is 12.7. The van der Waals surface area contributed by atoms with Gasteiger partial charge in [-0.15, -0.1) is 11.3 Å². The fourth-order valence-corrected chi connectivity index (χ4v) is 5.05. The van der Waals surface area contributed by atoms with E-state index in [2.05, 4.69) is 30.6 Å². The fraction of sp³-hybridized carbons (Fsp3) is 0.0667. The van der Waals surface area contributed by atoms with E-state index in [-0.39, 0.29) is 24.7 Å². The van der Waals surface area contributed by atoms with Crippen molar-refractivity contribution in [1.29, 1.82) is 0 Å². The summed E-state index contributed by atoms with van der Waals surface area (Å²) in [6, 6.07) is 19.9. The van der Waals surface area contributed by atoms with Crippen LogP contribution in [0.5, 0.6) is 0 Å². The summed E-state index contributed by atoms with van der Waals surface area (Å²) in [5.41, 5.74) is 2.95. The lowest BCUT2D eigenvalue weighted by molar-refractivity contribution is -0.121. The topological polar surface area (TPSA) is 135 Å². The van der Waals surface area contributed by atoms with Crippen molar-refractivity contribution in [2.45, 2.75) is 13.1 Å². The number of rotatable bonds is 8. The van der Waals surface area contributed by atoms with Crippen LogP contribution in [-0.2, 0) is 17.9 Å². The molecule has 0 aliphatic rings. The van der Waals surface area contributed by atoms with Gasteiger partial charge in [-0.1, -0.05) is 42.5 Å². The number of carbonyl (C=O) groups excluding carboxylic acids is 2. The third kappa shape index (κ3) is 5.65. The van der Waals surface area contributed by atoms with Gasteiger partial charge >= 0.3 is 0 Å². The lowest BCUT2D eigenvalue weighted by Crippen LogP contribution is -2.35. The van der Waals surface area contributed by atoms with Crippen LogP contribution in [-0.4, -0.2) is 36.3 Å². The highest BCUT2D eigenvalue weighted by Crippen LogP contribution is 2.23. The second-order valence-electron chi connectivity index (χ2n) is 9.16. The minimum absolute atomic E-state index is 0.0368. The fourth-order valence-electron chi connectivity index (χ4n) is 4.42. The van der Waals surface area contributed by atoms with Crippen LogP contribution < -0.4 is 16.2 Å². The molecule has 10 nitrogen and oxygen atoms in total. The van der Waals surface area contributed by atoms with Crippen LogP contribution in [0.25, 0.3) is 32.9 Å². The zero-order chi connectivity index (χ0) is 28.2. The number of hydrogen-bond donors (Lipinski definition) is 3. The largest absolute Gasteiger partial charge is 0.357 e. The zero-order valence-electron chi connectivity index (χ0n) is 21.6. The molecule has 0 saturated carbocycles. The number of H-pyrrole nitrogens is 1. The predicted molar refractivity (Wildman–Crippen MR) is 157 cm³/mol. The van der Waals surface area contributed by atoms with Gasteiger partial charge in [0.05, 0.1) is 12.7 Å². The Balaban J connectivity index is 1.25. The van der Waals surface area contributed by atoms with Gasteiger partial charge in [0.2, 0.25) is 5.91 Å². The van der Waals surface area contributed by atoms with Crippen molar-refractivity contribution in [3.8, 4) is 22.0 Å². The Hall–Kier alpha value is -5.42. The predicted octanol–water partition coefficient (Wildman–Crippen LogP) is 4.48. The van der Waals surface area contributed by atoms with Crippen molar-refractivity contribution >= 4 is 39.7 Å². The molecule has 0 spiro atoms. The van der Waals surface area contributed by atoms with Crippen LogP contribution in [0.1, 0.15) is 16.1 Å². The Morgan fingerprint density at radius 3 is 2.59 bits per heavy atom. The van der Waals surface area contributed by atoms with Crippen LogP contribution in [0, 0.1) is 0 Å². The molecule has 6 aromatic rings. The molecular formula is C30H23N7O3S. The highest BCUT2D eigenvalue weighted by Gasteiger charge is 2.18. The Kier molecular flexibility index (Phi) is 7.16. The Labute approximate surface area is 237 Å². The molecule has 0 bridgehead atoms. The van der Waals surface area contributed by atoms with Crippen molar-refractivity contribution in [1.82, 2.24) is 29.8 Å². The first-order chi connectivity index (χ1) is 20.0. The minimum Gasteiger partial charge on any atom is -0.357 e. The van der Waals surface area contributed by atoms with E-state index in [1.807, 2.05) is 41.8 Å². The van der Waals surface area contributed by atoms with Crippen LogP contribution in [0.3, 0.4) is 0 Å². The summed E-state index contributed by atoms with van der Waals surface area (Å²) >= 11 is 1.46. The molecule has 11 heteroatoms. The number of carbonyl (C=O) groups is 2. The molecule has 0 radical (unpaired) electrons. The molecule has 0 fully saturated rings. The monoisotopic (exact) mass is 561 g/mol. The SMILES string of the molecule is O=C(Cn1c(-c2ccccc2)ncc(NC(=O)c2cccc(-c3nccs3)c2)c1=O)NCc1cc2cnccc2[nH]1. The van der Waals surface area contributed by atoms with Crippen LogP contribution in [0.15, 0.2) is 102 Å². The lowest BCUT2D eigenvalue weighted by Gasteiger charge is -2.14. The van der Waals surface area contributed by atoms with Crippen molar-refractivity contribution in [3.63, 3.8) is 0 Å². The third-order valence-corrected chi connectivity index (χ3v) is 7.21. The van der Waals surface area contributed by atoms with Crippen LogP contribution in [0.2, 0.25) is 0 Å². The molecule has 0 unspecified atom stereocenters. The van der Waals surface area contributed by atoms with Crippen LogP contribution >= 0.6 is 11.3 Å². The van der Waals surface area contributed by atoms with Gasteiger partial charge in [0, 0.05) is 57.3 Å². The van der Waals surface area contributed by atoms with E-state index in [1.54, 1.807) is 48.9 Å². The number of amides is 2. The van der Waals surface area contributed by atoms with E-state index in [0.717, 1.165) is 27.2 Å². The molecule has 202 valence electrons. The molecule has 6 rings (SSSR count). The van der Waals surface area contributed by atoms with E-state index < -0.39 is 11.5 Å². The normalized spacial score (nSPS) is 10.9. The molecule has 4 aromatic heterocycles. The maximum atomic E-state index is 13.6. The van der Waals surface area contributed by atoms with Gasteiger partial charge in [0.25, 0.3) is 11.5 Å². The number of fused-ring (bicyclic) bond motifs is 1. The quantitative estimate of drug-likeness (QED) is 0.251. The molecule has 2 amide bonds. The summed E-state index contributed by atoms with van der Waals surface area (Å²) in [7, 11) is 0. The number of aromatic nitrogens is 5. The molecule has 2 aromatic carbocycles. The van der Waals surface area contributed by atoms with E-state index >= 15 is 0 Å². The average Bonchev–Trinajstić information content (AvgIpc) is 3.69. The van der Waals surface area contributed by atoms with Gasteiger partial charge in [-0.25, -0.2) is 9.97 Å². The molecule has 41 heavy (non-hydrogen) atoms. The molecule has 4 heterocycles. The summed E-state index contributed by atoms with van der Waals surface area (Å²) in [6.07, 6.45) is 6.45. The van der Waals surface area contributed by atoms with Crippen molar-refractivity contribution in [3.05, 3.63) is 119 Å². The van der Waals surface area contributed by atoms with Gasteiger partial charge in [0.15, 0.2) is 0 Å². The van der Waals surface area contributed by atoms with Gasteiger partial charge in [0.1, 0.15) is 23.1 Å². The average molecular weight is 562 g/mol. The molecule has 0 aliphatic carbocycles. The molecule has 0 saturated heterocycles. The second-order valence-corrected chi connectivity index (χ2v) is 10.1. The van der Waals surface area contributed by atoms with E-state index in [4.69, 9.17) is 0 Å². The maximum absolute atomic E-state index is 13.6. The van der Waals surface area contributed by atoms with Gasteiger partial charge in [-0.3, -0.25) is 23.9 Å². The first kappa shape index (κ1) is 25.8. The first-order valence-corrected chi connectivity index (χ1v) is 13.6. The summed E-state index contributed by atoms with van der Waals surface area (Å²) in [4.78, 5) is 55.9. The number of pyridine rings is 1. The van der Waals surface area contributed by atoms with Crippen molar-refractivity contribution in [2.75, 3.05) is 5.32 Å². The van der Waals surface area contributed by atoms with Crippen molar-refractivity contribution in [2.24, 2.45) is 0 Å². The van der Waals surface area contributed by atoms with Crippen molar-refractivity contribution < 1.29 is 9.59 Å².